The molecule has 0 spiro atoms. The zero-order chi connectivity index (χ0) is 15.0. The molecule has 2 rings (SSSR count). The maximum Gasteiger partial charge on any atom is 0.241 e. The topological polar surface area (TPSA) is 85.1 Å². The van der Waals surface area contributed by atoms with Gasteiger partial charge in [-0.1, -0.05) is 0 Å². The first kappa shape index (κ1) is 14.9. The number of thiazole rings is 1. The third-order valence-electron chi connectivity index (χ3n) is 2.64. The van der Waals surface area contributed by atoms with E-state index in [1.807, 2.05) is 0 Å². The Bertz CT molecular complexity index is 712. The van der Waals surface area contributed by atoms with Gasteiger partial charge < -0.3 is 5.73 Å². The molecule has 0 aliphatic carbocycles. The number of rotatable bonds is 4. The molecular weight excluding hydrogens is 301 g/mol. The quantitative estimate of drug-likeness (QED) is 0.846. The highest BCUT2D eigenvalue weighted by Gasteiger charge is 2.30. The molecule has 5 nitrogen and oxygen atoms in total. The molecule has 0 saturated heterocycles. The van der Waals surface area contributed by atoms with Gasteiger partial charge in [0, 0.05) is 11.6 Å². The summed E-state index contributed by atoms with van der Waals surface area (Å²) in [6.45, 7) is 3.38. The maximum absolute atomic E-state index is 13.4. The number of anilines is 1. The summed E-state index contributed by atoms with van der Waals surface area (Å²) in [6.07, 6.45) is 1.60. The molecule has 8 heteroatoms. The molecule has 108 valence electrons. The molecule has 0 aliphatic heterocycles. The third-order valence-corrected chi connectivity index (χ3v) is 5.39. The van der Waals surface area contributed by atoms with Crippen molar-refractivity contribution in [3.63, 3.8) is 0 Å². The van der Waals surface area contributed by atoms with Crippen LogP contribution in [0.1, 0.15) is 18.9 Å². The number of hydrogen-bond acceptors (Lipinski definition) is 5. The Hall–Kier alpha value is -1.51. The van der Waals surface area contributed by atoms with E-state index in [2.05, 4.69) is 9.71 Å². The third kappa shape index (κ3) is 2.97. The van der Waals surface area contributed by atoms with E-state index in [1.54, 1.807) is 25.4 Å². The standard InChI is InChI=1S/C12H14FN3O2S2/c1-12(2,11-15-5-6-19-11)16-20(17,18)8-3-4-10(14)9(13)7-8/h3-7,16H,14H2,1-2H3. The molecule has 2 aromatic rings. The van der Waals surface area contributed by atoms with Gasteiger partial charge in [0.2, 0.25) is 10.0 Å². The average molecular weight is 315 g/mol. The van der Waals surface area contributed by atoms with Crippen molar-refractivity contribution in [1.29, 1.82) is 0 Å². The molecule has 1 heterocycles. The highest BCUT2D eigenvalue weighted by molar-refractivity contribution is 7.89. The molecule has 1 aromatic heterocycles. The van der Waals surface area contributed by atoms with Gasteiger partial charge >= 0.3 is 0 Å². The summed E-state index contributed by atoms with van der Waals surface area (Å²) in [4.78, 5) is 3.92. The molecule has 0 amide bonds. The SMILES string of the molecule is CC(C)(NS(=O)(=O)c1ccc(N)c(F)c1)c1nccs1. The molecule has 0 atom stereocenters. The minimum absolute atomic E-state index is 0.0943. The fraction of sp³-hybridized carbons (Fsp3) is 0.250. The van der Waals surface area contributed by atoms with Crippen LogP contribution in [0.5, 0.6) is 0 Å². The van der Waals surface area contributed by atoms with Gasteiger partial charge in [-0.15, -0.1) is 11.3 Å². The van der Waals surface area contributed by atoms with Gasteiger partial charge in [-0.2, -0.15) is 4.72 Å². The highest BCUT2D eigenvalue weighted by atomic mass is 32.2. The van der Waals surface area contributed by atoms with Crippen molar-refractivity contribution in [3.05, 3.63) is 40.6 Å². The zero-order valence-corrected chi connectivity index (χ0v) is 12.6. The Balaban J connectivity index is 2.34. The van der Waals surface area contributed by atoms with Crippen LogP contribution in [0, 0.1) is 5.82 Å². The molecule has 0 radical (unpaired) electrons. The number of hydrogen-bond donors (Lipinski definition) is 2. The van der Waals surface area contributed by atoms with Crippen molar-refractivity contribution in [1.82, 2.24) is 9.71 Å². The number of sulfonamides is 1. The molecule has 0 aliphatic rings. The van der Waals surface area contributed by atoms with Crippen molar-refractivity contribution in [2.75, 3.05) is 5.73 Å². The van der Waals surface area contributed by atoms with Crippen LogP contribution in [-0.4, -0.2) is 13.4 Å². The van der Waals surface area contributed by atoms with E-state index in [-0.39, 0.29) is 10.6 Å². The van der Waals surface area contributed by atoms with Gasteiger partial charge in [0.25, 0.3) is 0 Å². The summed E-state index contributed by atoms with van der Waals surface area (Å²) in [5.74, 6) is -0.764. The fourth-order valence-electron chi connectivity index (χ4n) is 1.65. The second-order valence-electron chi connectivity index (χ2n) is 4.75. The van der Waals surface area contributed by atoms with E-state index in [0.717, 1.165) is 6.07 Å². The van der Waals surface area contributed by atoms with Gasteiger partial charge in [-0.3, -0.25) is 0 Å². The van der Waals surface area contributed by atoms with Crippen molar-refractivity contribution in [2.45, 2.75) is 24.3 Å². The minimum Gasteiger partial charge on any atom is -0.396 e. The van der Waals surface area contributed by atoms with E-state index in [1.165, 1.54) is 23.5 Å². The van der Waals surface area contributed by atoms with E-state index >= 15 is 0 Å². The number of nitrogen functional groups attached to an aromatic ring is 1. The molecule has 3 N–H and O–H groups in total. The van der Waals surface area contributed by atoms with Crippen LogP contribution in [0.4, 0.5) is 10.1 Å². The number of benzene rings is 1. The molecule has 0 unspecified atom stereocenters. The Morgan fingerprint density at radius 3 is 2.65 bits per heavy atom. The largest absolute Gasteiger partial charge is 0.396 e. The normalized spacial score (nSPS) is 12.6. The fourth-order valence-corrected chi connectivity index (χ4v) is 3.82. The molecular formula is C12H14FN3O2S2. The van der Waals surface area contributed by atoms with E-state index < -0.39 is 21.4 Å². The Kier molecular flexibility index (Phi) is 3.81. The predicted octanol–water partition coefficient (Wildman–Crippen LogP) is 2.08. The second-order valence-corrected chi connectivity index (χ2v) is 7.33. The van der Waals surface area contributed by atoms with Crippen molar-refractivity contribution < 1.29 is 12.8 Å². The van der Waals surface area contributed by atoms with Crippen LogP contribution in [0.3, 0.4) is 0 Å². The smallest absolute Gasteiger partial charge is 0.241 e. The summed E-state index contributed by atoms with van der Waals surface area (Å²) in [5.41, 5.74) is 4.36. The van der Waals surface area contributed by atoms with Crippen LogP contribution in [0.25, 0.3) is 0 Å². The van der Waals surface area contributed by atoms with E-state index in [0.29, 0.717) is 5.01 Å². The lowest BCUT2D eigenvalue weighted by molar-refractivity contribution is 0.469. The Morgan fingerprint density at radius 1 is 1.40 bits per heavy atom. The van der Waals surface area contributed by atoms with Crippen molar-refractivity contribution >= 4 is 27.0 Å². The number of nitrogens with two attached hydrogens (primary N) is 1. The highest BCUT2D eigenvalue weighted by Crippen LogP contribution is 2.25. The molecule has 0 bridgehead atoms. The zero-order valence-electron chi connectivity index (χ0n) is 10.9. The first-order valence-corrected chi connectivity index (χ1v) is 8.08. The number of nitrogens with one attached hydrogen (secondary N) is 1. The maximum atomic E-state index is 13.4. The van der Waals surface area contributed by atoms with Gasteiger partial charge in [-0.05, 0) is 32.0 Å². The van der Waals surface area contributed by atoms with Crippen molar-refractivity contribution in [2.24, 2.45) is 0 Å². The minimum atomic E-state index is -3.86. The number of aromatic nitrogens is 1. The van der Waals surface area contributed by atoms with Gasteiger partial charge in [0.1, 0.15) is 10.8 Å². The monoisotopic (exact) mass is 315 g/mol. The van der Waals surface area contributed by atoms with E-state index in [9.17, 15) is 12.8 Å². The summed E-state index contributed by atoms with van der Waals surface area (Å²) < 4.78 is 40.4. The number of halogens is 1. The molecule has 0 fully saturated rings. The van der Waals surface area contributed by atoms with Crippen LogP contribution in [-0.2, 0) is 15.6 Å². The summed E-state index contributed by atoms with van der Waals surface area (Å²) in [7, 11) is -3.86. The predicted molar refractivity (Wildman–Crippen MR) is 76.3 cm³/mol. The lowest BCUT2D eigenvalue weighted by atomic mass is 10.1. The lowest BCUT2D eigenvalue weighted by Gasteiger charge is -2.23. The summed E-state index contributed by atoms with van der Waals surface area (Å²) in [6, 6.07) is 3.38. The van der Waals surface area contributed by atoms with Crippen LogP contribution >= 0.6 is 11.3 Å². The Morgan fingerprint density at radius 2 is 2.10 bits per heavy atom. The first-order valence-electron chi connectivity index (χ1n) is 5.71. The summed E-state index contributed by atoms with van der Waals surface area (Å²) in [5, 5.41) is 2.38. The van der Waals surface area contributed by atoms with Gasteiger partial charge in [0.05, 0.1) is 16.1 Å². The van der Waals surface area contributed by atoms with Crippen LogP contribution in [0.15, 0.2) is 34.7 Å². The average Bonchev–Trinajstić information content (AvgIpc) is 2.85. The van der Waals surface area contributed by atoms with Crippen LogP contribution < -0.4 is 10.5 Å². The molecule has 20 heavy (non-hydrogen) atoms. The lowest BCUT2D eigenvalue weighted by Crippen LogP contribution is -2.40. The molecule has 0 saturated carbocycles. The van der Waals surface area contributed by atoms with Gasteiger partial charge in [-0.25, -0.2) is 17.8 Å². The Labute approximate surface area is 120 Å². The van der Waals surface area contributed by atoms with Crippen molar-refractivity contribution in [3.8, 4) is 0 Å². The summed E-state index contributed by atoms with van der Waals surface area (Å²) >= 11 is 1.34. The number of nitrogens with zero attached hydrogens (tertiary/aromatic N) is 1. The van der Waals surface area contributed by atoms with E-state index in [4.69, 9.17) is 5.73 Å². The van der Waals surface area contributed by atoms with Crippen LogP contribution in [0.2, 0.25) is 0 Å². The first-order chi connectivity index (χ1) is 9.22. The second kappa shape index (κ2) is 5.12. The molecule has 1 aromatic carbocycles. The van der Waals surface area contributed by atoms with Gasteiger partial charge in [0.15, 0.2) is 0 Å².